The molecule has 1 heterocycles. The van der Waals surface area contributed by atoms with Gasteiger partial charge in [-0.25, -0.2) is 5.01 Å². The second-order valence-electron chi connectivity index (χ2n) is 6.73. The summed E-state index contributed by atoms with van der Waals surface area (Å²) in [5.74, 6) is 0.149. The van der Waals surface area contributed by atoms with Gasteiger partial charge >= 0.3 is 5.97 Å². The number of methoxy groups -OCH3 is 2. The van der Waals surface area contributed by atoms with Gasteiger partial charge in [-0.3, -0.25) is 9.59 Å². The van der Waals surface area contributed by atoms with Crippen LogP contribution in [0.1, 0.15) is 42.9 Å². The molecule has 2 aromatic carbocycles. The van der Waals surface area contributed by atoms with Gasteiger partial charge < -0.3 is 14.6 Å². The summed E-state index contributed by atoms with van der Waals surface area (Å²) in [5.41, 5.74) is 2.58. The maximum Gasteiger partial charge on any atom is 0.303 e. The lowest BCUT2D eigenvalue weighted by Gasteiger charge is -2.24. The third-order valence-electron chi connectivity index (χ3n) is 4.85. The zero-order chi connectivity index (χ0) is 20.8. The van der Waals surface area contributed by atoms with E-state index in [-0.39, 0.29) is 31.2 Å². The van der Waals surface area contributed by atoms with Crippen LogP contribution in [0, 0.1) is 0 Å². The van der Waals surface area contributed by atoms with E-state index in [0.717, 1.165) is 16.8 Å². The van der Waals surface area contributed by atoms with Gasteiger partial charge in [0.05, 0.1) is 26.0 Å². The van der Waals surface area contributed by atoms with Crippen LogP contribution < -0.4 is 9.47 Å². The lowest BCUT2D eigenvalue weighted by molar-refractivity contribution is -0.137. The zero-order valence-electron chi connectivity index (χ0n) is 16.5. The average Bonchev–Trinajstić information content (AvgIpc) is 3.19. The molecule has 0 saturated carbocycles. The van der Waals surface area contributed by atoms with E-state index in [1.165, 1.54) is 5.01 Å². The van der Waals surface area contributed by atoms with E-state index in [2.05, 4.69) is 5.10 Å². The molecule has 0 fully saturated rings. The minimum absolute atomic E-state index is 0.0502. The summed E-state index contributed by atoms with van der Waals surface area (Å²) in [6, 6.07) is 14.9. The monoisotopic (exact) mass is 396 g/mol. The molecule has 1 aliphatic heterocycles. The van der Waals surface area contributed by atoms with Crippen molar-refractivity contribution in [3.63, 3.8) is 0 Å². The minimum Gasteiger partial charge on any atom is -0.497 e. The van der Waals surface area contributed by atoms with Gasteiger partial charge in [-0.05, 0) is 24.1 Å². The van der Waals surface area contributed by atoms with Gasteiger partial charge in [0, 0.05) is 30.9 Å². The van der Waals surface area contributed by atoms with Gasteiger partial charge in [0.2, 0.25) is 5.91 Å². The van der Waals surface area contributed by atoms with Crippen molar-refractivity contribution in [2.24, 2.45) is 5.10 Å². The molecule has 0 aromatic heterocycles. The van der Waals surface area contributed by atoms with E-state index in [1.807, 2.05) is 42.5 Å². The van der Waals surface area contributed by atoms with Crippen LogP contribution in [0.3, 0.4) is 0 Å². The number of hydrogen-bond acceptors (Lipinski definition) is 5. The molecule has 1 amide bonds. The number of hydrazone groups is 1. The standard InChI is InChI=1S/C22H24N2O5/c1-28-16-11-12-17(20(13-16)29-2)19-14-18(15-7-4-3-5-8-15)23-24(19)21(25)9-6-10-22(26)27/h3-5,7-8,11-13,19H,6,9-10,14H2,1-2H3,(H,26,27)/t19-/m1/s1. The topological polar surface area (TPSA) is 88.4 Å². The summed E-state index contributed by atoms with van der Waals surface area (Å²) < 4.78 is 10.8. The highest BCUT2D eigenvalue weighted by Crippen LogP contribution is 2.39. The summed E-state index contributed by atoms with van der Waals surface area (Å²) in [6.45, 7) is 0. The molecule has 0 radical (unpaired) electrons. The van der Waals surface area contributed by atoms with E-state index in [0.29, 0.717) is 17.9 Å². The number of carbonyl (C=O) groups excluding carboxylic acids is 1. The number of carboxylic acid groups (broad SMARTS) is 1. The minimum atomic E-state index is -0.916. The largest absolute Gasteiger partial charge is 0.497 e. The number of carboxylic acids is 1. The summed E-state index contributed by atoms with van der Waals surface area (Å²) in [4.78, 5) is 23.7. The van der Waals surface area contributed by atoms with Crippen LogP contribution in [0.2, 0.25) is 0 Å². The molecule has 152 valence electrons. The summed E-state index contributed by atoms with van der Waals surface area (Å²) in [7, 11) is 3.16. The molecule has 29 heavy (non-hydrogen) atoms. The molecule has 7 nitrogen and oxygen atoms in total. The predicted molar refractivity (Wildman–Crippen MR) is 108 cm³/mol. The number of carbonyl (C=O) groups is 2. The molecule has 3 rings (SSSR count). The maximum atomic E-state index is 12.9. The van der Waals surface area contributed by atoms with Gasteiger partial charge in [0.1, 0.15) is 11.5 Å². The molecular weight excluding hydrogens is 372 g/mol. The Labute approximate surface area is 169 Å². The molecule has 0 saturated heterocycles. The molecular formula is C22H24N2O5. The van der Waals surface area contributed by atoms with Gasteiger partial charge in [-0.2, -0.15) is 5.10 Å². The van der Waals surface area contributed by atoms with Crippen LogP contribution >= 0.6 is 0 Å². The molecule has 2 aromatic rings. The van der Waals surface area contributed by atoms with Gasteiger partial charge in [0.15, 0.2) is 0 Å². The maximum absolute atomic E-state index is 12.9. The van der Waals surface area contributed by atoms with Crippen molar-refractivity contribution in [2.45, 2.75) is 31.7 Å². The van der Waals surface area contributed by atoms with E-state index in [4.69, 9.17) is 14.6 Å². The van der Waals surface area contributed by atoms with Crippen molar-refractivity contribution >= 4 is 17.6 Å². The van der Waals surface area contributed by atoms with Gasteiger partial charge in [-0.15, -0.1) is 0 Å². The number of benzene rings is 2. The molecule has 0 bridgehead atoms. The Morgan fingerprint density at radius 1 is 1.10 bits per heavy atom. The third kappa shape index (κ3) is 4.74. The summed E-state index contributed by atoms with van der Waals surface area (Å²) >= 11 is 0. The first-order valence-electron chi connectivity index (χ1n) is 9.42. The fourth-order valence-corrected chi connectivity index (χ4v) is 3.39. The fraction of sp³-hybridized carbons (Fsp3) is 0.318. The lowest BCUT2D eigenvalue weighted by atomic mass is 9.97. The number of amides is 1. The Bertz CT molecular complexity index is 911. The van der Waals surface area contributed by atoms with Crippen LogP contribution in [-0.4, -0.2) is 41.9 Å². The predicted octanol–water partition coefficient (Wildman–Crippen LogP) is 3.64. The van der Waals surface area contributed by atoms with E-state index >= 15 is 0 Å². The van der Waals surface area contributed by atoms with Crippen LogP contribution in [0.25, 0.3) is 0 Å². The van der Waals surface area contributed by atoms with E-state index in [1.54, 1.807) is 20.3 Å². The Morgan fingerprint density at radius 3 is 2.52 bits per heavy atom. The molecule has 0 spiro atoms. The van der Waals surface area contributed by atoms with Crippen molar-refractivity contribution < 1.29 is 24.2 Å². The van der Waals surface area contributed by atoms with Crippen molar-refractivity contribution in [1.29, 1.82) is 0 Å². The molecule has 0 aliphatic carbocycles. The van der Waals surface area contributed by atoms with E-state index < -0.39 is 5.97 Å². The number of hydrogen-bond donors (Lipinski definition) is 1. The SMILES string of the molecule is COc1ccc([C@H]2CC(c3ccccc3)=NN2C(=O)CCCC(=O)O)c(OC)c1. The Kier molecular flexibility index (Phi) is 6.49. The summed E-state index contributed by atoms with van der Waals surface area (Å²) in [5, 5.41) is 14.9. The third-order valence-corrected chi connectivity index (χ3v) is 4.85. The molecule has 1 atom stereocenters. The second-order valence-corrected chi connectivity index (χ2v) is 6.73. The first-order chi connectivity index (χ1) is 14.0. The van der Waals surface area contributed by atoms with Crippen molar-refractivity contribution in [3.8, 4) is 11.5 Å². The van der Waals surface area contributed by atoms with E-state index in [9.17, 15) is 9.59 Å². The Balaban J connectivity index is 1.92. The quantitative estimate of drug-likeness (QED) is 0.736. The molecule has 1 N–H and O–H groups in total. The average molecular weight is 396 g/mol. The van der Waals surface area contributed by atoms with Crippen LogP contribution in [0.5, 0.6) is 11.5 Å². The highest BCUT2D eigenvalue weighted by molar-refractivity contribution is 6.03. The van der Waals surface area contributed by atoms with Crippen LogP contribution in [0.4, 0.5) is 0 Å². The lowest BCUT2D eigenvalue weighted by Crippen LogP contribution is -2.27. The van der Waals surface area contributed by atoms with Gasteiger partial charge in [-0.1, -0.05) is 30.3 Å². The molecule has 0 unspecified atom stereocenters. The Hall–Kier alpha value is -3.35. The Morgan fingerprint density at radius 2 is 1.86 bits per heavy atom. The molecule has 7 heteroatoms. The number of aliphatic carboxylic acids is 1. The normalized spacial score (nSPS) is 15.7. The smallest absolute Gasteiger partial charge is 0.303 e. The highest BCUT2D eigenvalue weighted by atomic mass is 16.5. The number of nitrogens with zero attached hydrogens (tertiary/aromatic N) is 2. The van der Waals surface area contributed by atoms with Crippen molar-refractivity contribution in [3.05, 3.63) is 59.7 Å². The fourth-order valence-electron chi connectivity index (χ4n) is 3.39. The highest BCUT2D eigenvalue weighted by Gasteiger charge is 2.34. The first kappa shape index (κ1) is 20.4. The number of rotatable bonds is 8. The van der Waals surface area contributed by atoms with Gasteiger partial charge in [0.25, 0.3) is 0 Å². The van der Waals surface area contributed by atoms with Crippen LogP contribution in [-0.2, 0) is 9.59 Å². The second kappa shape index (κ2) is 9.23. The van der Waals surface area contributed by atoms with Crippen LogP contribution in [0.15, 0.2) is 53.6 Å². The van der Waals surface area contributed by atoms with Crippen molar-refractivity contribution in [2.75, 3.05) is 14.2 Å². The zero-order valence-corrected chi connectivity index (χ0v) is 16.5. The number of ether oxygens (including phenoxy) is 2. The van der Waals surface area contributed by atoms with Crippen molar-refractivity contribution in [1.82, 2.24) is 5.01 Å². The summed E-state index contributed by atoms with van der Waals surface area (Å²) in [6.07, 6.45) is 0.878. The first-order valence-corrected chi connectivity index (χ1v) is 9.42. The molecule has 1 aliphatic rings.